The fraction of sp³-hybridized carbons (Fsp3) is 0.591. The van der Waals surface area contributed by atoms with Crippen LogP contribution in [-0.4, -0.2) is 46.7 Å². The van der Waals surface area contributed by atoms with Crippen LogP contribution in [0, 0.1) is 5.92 Å². The van der Waals surface area contributed by atoms with E-state index in [1.165, 1.54) is 4.90 Å². The zero-order valence-electron chi connectivity index (χ0n) is 17.0. The van der Waals surface area contributed by atoms with Gasteiger partial charge in [0.1, 0.15) is 5.54 Å². The van der Waals surface area contributed by atoms with Crippen molar-refractivity contribution in [3.05, 3.63) is 35.9 Å². The van der Waals surface area contributed by atoms with Gasteiger partial charge in [0.05, 0.1) is 6.54 Å². The standard InChI is InChI=1S/C22H32N2O3/c1-5-7-13-18(6-2)19(25)16-24-20(26)22(3,23(4)21(24)27)15-14-17-11-9-8-10-12-17/h8-12,18H,5-7,13-16H2,1-4H3/t18?,22-/m0/s1. The number of Topliss-reactive ketones (excluding diaryl/α,β-unsaturated/α-hetero) is 1. The molecular formula is C22H32N2O3. The van der Waals surface area contributed by atoms with E-state index in [0.29, 0.717) is 12.8 Å². The highest BCUT2D eigenvalue weighted by Crippen LogP contribution is 2.31. The van der Waals surface area contributed by atoms with E-state index in [1.807, 2.05) is 37.3 Å². The maximum atomic E-state index is 13.0. The molecule has 1 aromatic carbocycles. The molecule has 0 bridgehead atoms. The minimum atomic E-state index is -0.904. The fourth-order valence-electron chi connectivity index (χ4n) is 3.69. The summed E-state index contributed by atoms with van der Waals surface area (Å²) in [6, 6.07) is 9.56. The Kier molecular flexibility index (Phi) is 7.17. The molecule has 5 heteroatoms. The van der Waals surface area contributed by atoms with Gasteiger partial charge < -0.3 is 4.90 Å². The summed E-state index contributed by atoms with van der Waals surface area (Å²) in [6.07, 6.45) is 4.83. The summed E-state index contributed by atoms with van der Waals surface area (Å²) < 4.78 is 0. The van der Waals surface area contributed by atoms with Gasteiger partial charge in [0.2, 0.25) is 0 Å². The maximum Gasteiger partial charge on any atom is 0.327 e. The van der Waals surface area contributed by atoms with Gasteiger partial charge in [-0.2, -0.15) is 0 Å². The van der Waals surface area contributed by atoms with Crippen molar-refractivity contribution in [2.45, 2.75) is 64.8 Å². The third-order valence-electron chi connectivity index (χ3n) is 5.88. The number of urea groups is 1. The zero-order chi connectivity index (χ0) is 20.0. The molecule has 1 aliphatic heterocycles. The lowest BCUT2D eigenvalue weighted by Gasteiger charge is -2.28. The first-order chi connectivity index (χ1) is 12.8. The molecule has 1 aromatic rings. The summed E-state index contributed by atoms with van der Waals surface area (Å²) in [7, 11) is 1.66. The van der Waals surface area contributed by atoms with Crippen LogP contribution in [0.5, 0.6) is 0 Å². The van der Waals surface area contributed by atoms with Gasteiger partial charge >= 0.3 is 6.03 Å². The number of nitrogens with zero attached hydrogens (tertiary/aromatic N) is 2. The van der Waals surface area contributed by atoms with Crippen molar-refractivity contribution in [1.82, 2.24) is 9.80 Å². The molecule has 0 aliphatic carbocycles. The van der Waals surface area contributed by atoms with Crippen molar-refractivity contribution in [3.8, 4) is 0 Å². The molecular weight excluding hydrogens is 340 g/mol. The molecule has 5 nitrogen and oxygen atoms in total. The molecule has 0 spiro atoms. The highest BCUT2D eigenvalue weighted by Gasteiger charge is 2.52. The second-order valence-corrected chi connectivity index (χ2v) is 7.71. The van der Waals surface area contributed by atoms with Crippen LogP contribution in [-0.2, 0) is 16.0 Å². The van der Waals surface area contributed by atoms with E-state index in [-0.39, 0.29) is 30.2 Å². The first kappa shape index (κ1) is 21.1. The topological polar surface area (TPSA) is 57.7 Å². The van der Waals surface area contributed by atoms with E-state index in [0.717, 1.165) is 36.1 Å². The highest BCUT2D eigenvalue weighted by molar-refractivity contribution is 6.09. The molecule has 1 heterocycles. The molecule has 0 saturated carbocycles. The van der Waals surface area contributed by atoms with Crippen LogP contribution in [0.3, 0.4) is 0 Å². The Bertz CT molecular complexity index is 673. The van der Waals surface area contributed by atoms with Gasteiger partial charge in [-0.05, 0) is 38.2 Å². The molecule has 0 N–H and O–H groups in total. The van der Waals surface area contributed by atoms with Crippen LogP contribution in [0.25, 0.3) is 0 Å². The lowest BCUT2D eigenvalue weighted by molar-refractivity contribution is -0.136. The molecule has 2 atom stereocenters. The second kappa shape index (κ2) is 9.16. The molecule has 1 fully saturated rings. The third kappa shape index (κ3) is 4.57. The van der Waals surface area contributed by atoms with Gasteiger partial charge in [-0.15, -0.1) is 0 Å². The van der Waals surface area contributed by atoms with E-state index >= 15 is 0 Å². The molecule has 3 amide bonds. The summed E-state index contributed by atoms with van der Waals surface area (Å²) >= 11 is 0. The van der Waals surface area contributed by atoms with Crippen molar-refractivity contribution < 1.29 is 14.4 Å². The van der Waals surface area contributed by atoms with Gasteiger partial charge in [0.15, 0.2) is 5.78 Å². The van der Waals surface area contributed by atoms with Crippen LogP contribution in [0.15, 0.2) is 30.3 Å². The van der Waals surface area contributed by atoms with E-state index in [4.69, 9.17) is 0 Å². The van der Waals surface area contributed by atoms with Crippen LogP contribution >= 0.6 is 0 Å². The van der Waals surface area contributed by atoms with Crippen LogP contribution in [0.2, 0.25) is 0 Å². The minimum Gasteiger partial charge on any atom is -0.313 e. The number of amides is 3. The number of rotatable bonds is 10. The van der Waals surface area contributed by atoms with Gasteiger partial charge in [0, 0.05) is 13.0 Å². The van der Waals surface area contributed by atoms with Gasteiger partial charge in [-0.1, -0.05) is 57.0 Å². The number of hydrogen-bond acceptors (Lipinski definition) is 3. The van der Waals surface area contributed by atoms with E-state index in [1.54, 1.807) is 14.0 Å². The number of imide groups is 1. The second-order valence-electron chi connectivity index (χ2n) is 7.71. The zero-order valence-corrected chi connectivity index (χ0v) is 17.0. The van der Waals surface area contributed by atoms with E-state index in [2.05, 4.69) is 6.92 Å². The molecule has 1 unspecified atom stereocenters. The third-order valence-corrected chi connectivity index (χ3v) is 5.88. The molecule has 0 aromatic heterocycles. The Hall–Kier alpha value is -2.17. The van der Waals surface area contributed by atoms with E-state index in [9.17, 15) is 14.4 Å². The number of carbonyl (C=O) groups is 3. The normalized spacial score (nSPS) is 21.0. The number of likely N-dealkylation sites (N-methyl/N-ethyl adjacent to an activating group) is 1. The first-order valence-corrected chi connectivity index (χ1v) is 10.0. The van der Waals surface area contributed by atoms with Crippen LogP contribution in [0.4, 0.5) is 4.79 Å². The predicted molar refractivity (Wildman–Crippen MR) is 106 cm³/mol. The van der Waals surface area contributed by atoms with Crippen molar-refractivity contribution in [2.24, 2.45) is 5.92 Å². The fourth-order valence-corrected chi connectivity index (χ4v) is 3.69. The lowest BCUT2D eigenvalue weighted by atomic mass is 9.91. The Morgan fingerprint density at radius 1 is 1.15 bits per heavy atom. The largest absolute Gasteiger partial charge is 0.327 e. The Labute approximate surface area is 162 Å². The van der Waals surface area contributed by atoms with Gasteiger partial charge in [0.25, 0.3) is 5.91 Å². The Morgan fingerprint density at radius 2 is 1.81 bits per heavy atom. The molecule has 1 saturated heterocycles. The number of unbranched alkanes of at least 4 members (excludes halogenated alkanes) is 1. The van der Waals surface area contributed by atoms with Gasteiger partial charge in [-0.3, -0.25) is 14.5 Å². The van der Waals surface area contributed by atoms with Crippen molar-refractivity contribution in [2.75, 3.05) is 13.6 Å². The number of carbonyl (C=O) groups excluding carboxylic acids is 3. The van der Waals surface area contributed by atoms with Crippen molar-refractivity contribution in [3.63, 3.8) is 0 Å². The summed E-state index contributed by atoms with van der Waals surface area (Å²) in [4.78, 5) is 41.0. The molecule has 1 aliphatic rings. The number of hydrogen-bond donors (Lipinski definition) is 0. The average Bonchev–Trinajstić information content (AvgIpc) is 2.84. The monoisotopic (exact) mass is 372 g/mol. The van der Waals surface area contributed by atoms with Gasteiger partial charge in [-0.25, -0.2) is 4.79 Å². The molecule has 0 radical (unpaired) electrons. The Morgan fingerprint density at radius 3 is 2.41 bits per heavy atom. The van der Waals surface area contributed by atoms with E-state index < -0.39 is 5.54 Å². The summed E-state index contributed by atoms with van der Waals surface area (Å²) in [6.45, 7) is 5.78. The Balaban J connectivity index is 2.07. The number of benzene rings is 1. The SMILES string of the molecule is CCCCC(CC)C(=O)CN1C(=O)N(C)[C@@](C)(CCc2ccccc2)C1=O. The summed E-state index contributed by atoms with van der Waals surface area (Å²) in [5.74, 6) is -0.343. The highest BCUT2D eigenvalue weighted by atomic mass is 16.2. The maximum absolute atomic E-state index is 13.0. The molecule has 148 valence electrons. The average molecular weight is 373 g/mol. The van der Waals surface area contributed by atoms with Crippen LogP contribution in [0.1, 0.15) is 58.4 Å². The molecule has 27 heavy (non-hydrogen) atoms. The smallest absolute Gasteiger partial charge is 0.313 e. The summed E-state index contributed by atoms with van der Waals surface area (Å²) in [5.41, 5.74) is 0.228. The first-order valence-electron chi connectivity index (χ1n) is 10.0. The van der Waals surface area contributed by atoms with Crippen molar-refractivity contribution in [1.29, 1.82) is 0 Å². The number of aryl methyl sites for hydroxylation is 1. The summed E-state index contributed by atoms with van der Waals surface area (Å²) in [5, 5.41) is 0. The number of ketones is 1. The van der Waals surface area contributed by atoms with Crippen LogP contribution < -0.4 is 0 Å². The lowest BCUT2D eigenvalue weighted by Crippen LogP contribution is -2.45. The minimum absolute atomic E-state index is 0.00615. The molecule has 2 rings (SSSR count). The predicted octanol–water partition coefficient (Wildman–Crippen LogP) is 4.06. The quantitative estimate of drug-likeness (QED) is 0.582. The van der Waals surface area contributed by atoms with Crippen molar-refractivity contribution >= 4 is 17.7 Å².